The Morgan fingerprint density at radius 2 is 1.97 bits per heavy atom. The molecule has 11 heteroatoms. The number of ether oxygens (including phenoxy) is 1. The number of pyridine rings is 1. The van der Waals surface area contributed by atoms with Crippen molar-refractivity contribution in [2.75, 3.05) is 26.3 Å². The van der Waals surface area contributed by atoms with E-state index in [0.717, 1.165) is 22.7 Å². The van der Waals surface area contributed by atoms with Crippen LogP contribution in [0.1, 0.15) is 16.1 Å². The van der Waals surface area contributed by atoms with Crippen LogP contribution in [-0.4, -0.2) is 54.3 Å². The Bertz CT molecular complexity index is 1210. The third-order valence-electron chi connectivity index (χ3n) is 4.69. The highest BCUT2D eigenvalue weighted by atomic mass is 79.9. The summed E-state index contributed by atoms with van der Waals surface area (Å²) in [6, 6.07) is 6.88. The smallest absolute Gasteiger partial charge is 0.254 e. The molecule has 0 saturated carbocycles. The molecule has 1 saturated heterocycles. The summed E-state index contributed by atoms with van der Waals surface area (Å²) in [6.45, 7) is 1.08. The summed E-state index contributed by atoms with van der Waals surface area (Å²) in [7, 11) is -3.84. The van der Waals surface area contributed by atoms with Crippen LogP contribution in [0.25, 0.3) is 5.65 Å². The fraction of sp³-hybridized carbons (Fsp3) is 0.263. The van der Waals surface area contributed by atoms with E-state index in [4.69, 9.17) is 4.74 Å². The van der Waals surface area contributed by atoms with Crippen LogP contribution in [-0.2, 0) is 21.3 Å². The summed E-state index contributed by atoms with van der Waals surface area (Å²) in [4.78, 5) is 16.8. The standard InChI is InChI=1S/C19H18BrFN4O4S/c20-13-1-4-18-23-14(12-24(18)11-13)10-22-19(26)16-9-15(2-3-17(16)21)30(27,28)25-5-7-29-8-6-25/h1-4,9,11-12H,5-8,10H2,(H,22,26). The van der Waals surface area contributed by atoms with Gasteiger partial charge in [0.2, 0.25) is 10.0 Å². The number of morpholine rings is 1. The zero-order valence-electron chi connectivity index (χ0n) is 15.7. The fourth-order valence-corrected chi connectivity index (χ4v) is 4.93. The molecule has 1 aromatic carbocycles. The second kappa shape index (κ2) is 8.42. The summed E-state index contributed by atoms with van der Waals surface area (Å²) in [6.07, 6.45) is 3.57. The van der Waals surface area contributed by atoms with Gasteiger partial charge in [-0.1, -0.05) is 0 Å². The van der Waals surface area contributed by atoms with Gasteiger partial charge in [-0.25, -0.2) is 17.8 Å². The van der Waals surface area contributed by atoms with Crippen molar-refractivity contribution in [1.29, 1.82) is 0 Å². The van der Waals surface area contributed by atoms with Crippen molar-refractivity contribution < 1.29 is 22.3 Å². The van der Waals surface area contributed by atoms with Crippen LogP contribution in [0.15, 0.2) is 52.1 Å². The topological polar surface area (TPSA) is 93.0 Å². The molecule has 4 rings (SSSR count). The molecule has 30 heavy (non-hydrogen) atoms. The Morgan fingerprint density at radius 3 is 2.73 bits per heavy atom. The number of sulfonamides is 1. The molecule has 0 radical (unpaired) electrons. The summed E-state index contributed by atoms with van der Waals surface area (Å²) >= 11 is 3.37. The Kier molecular flexibility index (Phi) is 5.87. The highest BCUT2D eigenvalue weighted by Crippen LogP contribution is 2.20. The van der Waals surface area contributed by atoms with Gasteiger partial charge in [-0.05, 0) is 46.3 Å². The number of nitrogens with one attached hydrogen (secondary N) is 1. The molecule has 2 aromatic heterocycles. The lowest BCUT2D eigenvalue weighted by atomic mass is 10.2. The van der Waals surface area contributed by atoms with Crippen LogP contribution in [0.4, 0.5) is 4.39 Å². The molecule has 158 valence electrons. The van der Waals surface area contributed by atoms with Gasteiger partial charge in [-0.3, -0.25) is 4.79 Å². The number of carbonyl (C=O) groups excluding carboxylic acids is 1. The summed E-state index contributed by atoms with van der Waals surface area (Å²) in [5.74, 6) is -1.52. The van der Waals surface area contributed by atoms with Gasteiger partial charge in [-0.15, -0.1) is 0 Å². The van der Waals surface area contributed by atoms with E-state index >= 15 is 0 Å². The zero-order chi connectivity index (χ0) is 21.3. The number of imidazole rings is 1. The van der Waals surface area contributed by atoms with E-state index in [-0.39, 0.29) is 30.1 Å². The molecule has 1 aliphatic heterocycles. The van der Waals surface area contributed by atoms with E-state index in [9.17, 15) is 17.6 Å². The minimum absolute atomic E-state index is 0.0675. The van der Waals surface area contributed by atoms with Crippen molar-refractivity contribution in [3.05, 3.63) is 64.3 Å². The van der Waals surface area contributed by atoms with Gasteiger partial charge in [0.1, 0.15) is 11.5 Å². The lowest BCUT2D eigenvalue weighted by Crippen LogP contribution is -2.40. The first-order valence-corrected chi connectivity index (χ1v) is 11.4. The molecule has 0 atom stereocenters. The molecule has 0 bridgehead atoms. The van der Waals surface area contributed by atoms with Crippen molar-refractivity contribution in [2.24, 2.45) is 0 Å². The average Bonchev–Trinajstić information content (AvgIpc) is 3.15. The van der Waals surface area contributed by atoms with E-state index in [1.54, 1.807) is 10.6 Å². The van der Waals surface area contributed by atoms with Crippen molar-refractivity contribution in [3.8, 4) is 0 Å². The average molecular weight is 497 g/mol. The first-order chi connectivity index (χ1) is 14.3. The number of carbonyl (C=O) groups is 1. The van der Waals surface area contributed by atoms with Crippen molar-refractivity contribution in [3.63, 3.8) is 0 Å². The maximum absolute atomic E-state index is 14.3. The summed E-state index contributed by atoms with van der Waals surface area (Å²) < 4.78 is 48.9. The third-order valence-corrected chi connectivity index (χ3v) is 7.05. The molecular weight excluding hydrogens is 479 g/mol. The van der Waals surface area contributed by atoms with Gasteiger partial charge < -0.3 is 14.5 Å². The monoisotopic (exact) mass is 496 g/mol. The van der Waals surface area contributed by atoms with E-state index in [1.807, 2.05) is 18.3 Å². The highest BCUT2D eigenvalue weighted by Gasteiger charge is 2.27. The number of aromatic nitrogens is 2. The Hall–Kier alpha value is -2.34. The van der Waals surface area contributed by atoms with Gasteiger partial charge in [0.25, 0.3) is 5.91 Å². The van der Waals surface area contributed by atoms with Crippen LogP contribution in [0.5, 0.6) is 0 Å². The lowest BCUT2D eigenvalue weighted by molar-refractivity contribution is 0.0730. The molecule has 0 spiro atoms. The maximum atomic E-state index is 14.3. The van der Waals surface area contributed by atoms with Crippen LogP contribution >= 0.6 is 15.9 Å². The quantitative estimate of drug-likeness (QED) is 0.584. The molecule has 1 amide bonds. The Morgan fingerprint density at radius 1 is 1.20 bits per heavy atom. The Labute approximate surface area is 180 Å². The van der Waals surface area contributed by atoms with Crippen LogP contribution in [0.3, 0.4) is 0 Å². The van der Waals surface area contributed by atoms with Gasteiger partial charge in [0.05, 0.1) is 35.9 Å². The van der Waals surface area contributed by atoms with Crippen LogP contribution in [0, 0.1) is 5.82 Å². The number of hydrogen-bond donors (Lipinski definition) is 1. The first-order valence-electron chi connectivity index (χ1n) is 9.13. The second-order valence-electron chi connectivity index (χ2n) is 6.69. The molecule has 1 fully saturated rings. The number of halogens is 2. The molecule has 1 N–H and O–H groups in total. The predicted octanol–water partition coefficient (Wildman–Crippen LogP) is 2.19. The van der Waals surface area contributed by atoms with Crippen molar-refractivity contribution in [2.45, 2.75) is 11.4 Å². The largest absolute Gasteiger partial charge is 0.379 e. The predicted molar refractivity (Wildman–Crippen MR) is 110 cm³/mol. The number of fused-ring (bicyclic) bond motifs is 1. The van der Waals surface area contributed by atoms with Gasteiger partial charge >= 0.3 is 0 Å². The van der Waals surface area contributed by atoms with Gasteiger partial charge in [0.15, 0.2) is 0 Å². The Balaban J connectivity index is 1.52. The molecule has 8 nitrogen and oxygen atoms in total. The highest BCUT2D eigenvalue weighted by molar-refractivity contribution is 9.10. The van der Waals surface area contributed by atoms with Crippen molar-refractivity contribution >= 4 is 37.5 Å². The number of nitrogens with zero attached hydrogens (tertiary/aromatic N) is 3. The molecule has 1 aliphatic rings. The van der Waals surface area contributed by atoms with Gasteiger partial charge in [-0.2, -0.15) is 4.31 Å². The minimum Gasteiger partial charge on any atom is -0.379 e. The van der Waals surface area contributed by atoms with E-state index in [1.165, 1.54) is 4.31 Å². The van der Waals surface area contributed by atoms with E-state index in [2.05, 4.69) is 26.2 Å². The third kappa shape index (κ3) is 4.24. The fourth-order valence-electron chi connectivity index (χ4n) is 3.14. The minimum atomic E-state index is -3.84. The van der Waals surface area contributed by atoms with Crippen LogP contribution in [0.2, 0.25) is 0 Å². The number of hydrogen-bond acceptors (Lipinski definition) is 5. The number of benzene rings is 1. The van der Waals surface area contributed by atoms with Gasteiger partial charge in [0, 0.05) is 30.0 Å². The molecule has 3 aromatic rings. The maximum Gasteiger partial charge on any atom is 0.254 e. The lowest BCUT2D eigenvalue weighted by Gasteiger charge is -2.26. The summed E-state index contributed by atoms with van der Waals surface area (Å²) in [5.41, 5.74) is 0.946. The van der Waals surface area contributed by atoms with E-state index < -0.39 is 21.7 Å². The molecular formula is C19H18BrFN4O4S. The zero-order valence-corrected chi connectivity index (χ0v) is 18.1. The summed E-state index contributed by atoms with van der Waals surface area (Å²) in [5, 5.41) is 2.59. The molecule has 0 aliphatic carbocycles. The molecule has 0 unspecified atom stereocenters. The first kappa shape index (κ1) is 20.9. The molecule has 3 heterocycles. The normalized spacial score (nSPS) is 15.4. The van der Waals surface area contributed by atoms with E-state index in [0.29, 0.717) is 24.6 Å². The number of rotatable bonds is 5. The van der Waals surface area contributed by atoms with Crippen LogP contribution < -0.4 is 5.32 Å². The number of amides is 1. The van der Waals surface area contributed by atoms with Crippen molar-refractivity contribution in [1.82, 2.24) is 19.0 Å². The SMILES string of the molecule is O=C(NCc1cn2cc(Br)ccc2n1)c1cc(S(=O)(=O)N2CCOCC2)ccc1F. The second-order valence-corrected chi connectivity index (χ2v) is 9.54.